The SMILES string of the molecule is O=C(NCc1ccccc1OC(F)F)c1ccc(-c2ccc(F)cc2)s1. The number of ether oxygens (including phenoxy) is 1. The molecule has 134 valence electrons. The molecule has 26 heavy (non-hydrogen) atoms. The number of nitrogens with one attached hydrogen (secondary N) is 1. The van der Waals surface area contributed by atoms with Crippen LogP contribution in [0.15, 0.2) is 60.7 Å². The van der Waals surface area contributed by atoms with E-state index in [0.29, 0.717) is 10.4 Å². The number of carbonyl (C=O) groups excluding carboxylic acids is 1. The van der Waals surface area contributed by atoms with Crippen molar-refractivity contribution in [3.8, 4) is 16.2 Å². The lowest BCUT2D eigenvalue weighted by atomic mass is 10.2. The van der Waals surface area contributed by atoms with Gasteiger partial charge in [-0.2, -0.15) is 8.78 Å². The first kappa shape index (κ1) is 18.0. The van der Waals surface area contributed by atoms with E-state index in [-0.39, 0.29) is 24.0 Å². The van der Waals surface area contributed by atoms with E-state index in [1.54, 1.807) is 42.5 Å². The first-order valence-electron chi connectivity index (χ1n) is 7.69. The van der Waals surface area contributed by atoms with Crippen LogP contribution in [0.5, 0.6) is 5.75 Å². The van der Waals surface area contributed by atoms with E-state index in [2.05, 4.69) is 10.1 Å². The van der Waals surface area contributed by atoms with Crippen LogP contribution in [0.3, 0.4) is 0 Å². The molecule has 1 aromatic heterocycles. The molecule has 1 amide bonds. The van der Waals surface area contributed by atoms with Crippen molar-refractivity contribution in [3.63, 3.8) is 0 Å². The van der Waals surface area contributed by atoms with Gasteiger partial charge in [0.05, 0.1) is 4.88 Å². The van der Waals surface area contributed by atoms with Gasteiger partial charge in [-0.1, -0.05) is 30.3 Å². The van der Waals surface area contributed by atoms with Crippen molar-refractivity contribution < 1.29 is 22.7 Å². The van der Waals surface area contributed by atoms with Crippen LogP contribution in [-0.2, 0) is 6.54 Å². The van der Waals surface area contributed by atoms with Gasteiger partial charge in [-0.15, -0.1) is 11.3 Å². The van der Waals surface area contributed by atoms with Crippen LogP contribution in [0.4, 0.5) is 13.2 Å². The monoisotopic (exact) mass is 377 g/mol. The smallest absolute Gasteiger partial charge is 0.387 e. The number of rotatable bonds is 6. The van der Waals surface area contributed by atoms with Crippen LogP contribution in [-0.4, -0.2) is 12.5 Å². The summed E-state index contributed by atoms with van der Waals surface area (Å²) < 4.78 is 42.3. The molecule has 1 N–H and O–H groups in total. The van der Waals surface area contributed by atoms with Crippen LogP contribution in [0.1, 0.15) is 15.2 Å². The fraction of sp³-hybridized carbons (Fsp3) is 0.105. The van der Waals surface area contributed by atoms with Gasteiger partial charge in [0.1, 0.15) is 11.6 Å². The summed E-state index contributed by atoms with van der Waals surface area (Å²) >= 11 is 1.26. The summed E-state index contributed by atoms with van der Waals surface area (Å²) in [5.41, 5.74) is 1.27. The Bertz CT molecular complexity index is 894. The summed E-state index contributed by atoms with van der Waals surface area (Å²) in [6.45, 7) is -2.87. The molecule has 0 radical (unpaired) electrons. The number of alkyl halides is 2. The molecule has 0 atom stereocenters. The molecular formula is C19H14F3NO2S. The molecule has 0 spiro atoms. The average molecular weight is 377 g/mol. The van der Waals surface area contributed by atoms with Crippen molar-refractivity contribution in [3.05, 3.63) is 76.9 Å². The van der Waals surface area contributed by atoms with E-state index in [9.17, 15) is 18.0 Å². The Morgan fingerprint density at radius 1 is 1.04 bits per heavy atom. The van der Waals surface area contributed by atoms with Crippen LogP contribution in [0.25, 0.3) is 10.4 Å². The highest BCUT2D eigenvalue weighted by molar-refractivity contribution is 7.17. The van der Waals surface area contributed by atoms with Crippen LogP contribution in [0.2, 0.25) is 0 Å². The molecule has 0 aliphatic carbocycles. The number of hydrogen-bond acceptors (Lipinski definition) is 3. The zero-order valence-electron chi connectivity index (χ0n) is 13.4. The van der Waals surface area contributed by atoms with Crippen LogP contribution >= 0.6 is 11.3 Å². The number of carbonyl (C=O) groups is 1. The second-order valence-electron chi connectivity index (χ2n) is 5.34. The number of thiophene rings is 1. The molecule has 3 aromatic rings. The van der Waals surface area contributed by atoms with Crippen LogP contribution < -0.4 is 10.1 Å². The highest BCUT2D eigenvalue weighted by Gasteiger charge is 2.13. The summed E-state index contributed by atoms with van der Waals surface area (Å²) in [5, 5.41) is 2.69. The van der Waals surface area contributed by atoms with Gasteiger partial charge in [-0.3, -0.25) is 4.79 Å². The Hall–Kier alpha value is -2.80. The van der Waals surface area contributed by atoms with Gasteiger partial charge < -0.3 is 10.1 Å². The van der Waals surface area contributed by atoms with Crippen molar-refractivity contribution >= 4 is 17.2 Å². The van der Waals surface area contributed by atoms with Crippen molar-refractivity contribution in [2.45, 2.75) is 13.2 Å². The van der Waals surface area contributed by atoms with Gasteiger partial charge in [-0.25, -0.2) is 4.39 Å². The quantitative estimate of drug-likeness (QED) is 0.650. The Labute approximate surface area is 152 Å². The molecule has 7 heteroatoms. The average Bonchev–Trinajstić information content (AvgIpc) is 3.11. The number of hydrogen-bond donors (Lipinski definition) is 1. The van der Waals surface area contributed by atoms with Crippen molar-refractivity contribution in [1.29, 1.82) is 0 Å². The normalized spacial score (nSPS) is 10.8. The Balaban J connectivity index is 1.67. The van der Waals surface area contributed by atoms with E-state index in [1.165, 1.54) is 29.5 Å². The molecule has 0 aliphatic rings. The summed E-state index contributed by atoms with van der Waals surface area (Å²) in [6.07, 6.45) is 0. The van der Waals surface area contributed by atoms with Gasteiger partial charge in [0.15, 0.2) is 0 Å². The molecule has 2 aromatic carbocycles. The van der Waals surface area contributed by atoms with E-state index in [1.807, 2.05) is 0 Å². The summed E-state index contributed by atoms with van der Waals surface area (Å²) in [5.74, 6) is -0.621. The number of amides is 1. The first-order valence-corrected chi connectivity index (χ1v) is 8.51. The Kier molecular flexibility index (Phi) is 5.58. The second-order valence-corrected chi connectivity index (χ2v) is 6.42. The van der Waals surface area contributed by atoms with Crippen molar-refractivity contribution in [2.75, 3.05) is 0 Å². The zero-order valence-corrected chi connectivity index (χ0v) is 14.2. The Morgan fingerprint density at radius 2 is 1.77 bits per heavy atom. The molecule has 1 heterocycles. The minimum atomic E-state index is -2.93. The largest absolute Gasteiger partial charge is 0.434 e. The highest BCUT2D eigenvalue weighted by atomic mass is 32.1. The highest BCUT2D eigenvalue weighted by Crippen LogP contribution is 2.28. The standard InChI is InChI=1S/C19H14F3NO2S/c20-14-7-5-12(6-8-14)16-9-10-17(26-16)18(24)23-11-13-3-1-2-4-15(13)25-19(21)22/h1-10,19H,11H2,(H,23,24). The van der Waals surface area contributed by atoms with Gasteiger partial charge in [0, 0.05) is 17.0 Å². The van der Waals surface area contributed by atoms with E-state index in [4.69, 9.17) is 0 Å². The Morgan fingerprint density at radius 3 is 2.50 bits per heavy atom. The molecule has 3 nitrogen and oxygen atoms in total. The van der Waals surface area contributed by atoms with Gasteiger partial charge in [0.2, 0.25) is 0 Å². The predicted molar refractivity (Wildman–Crippen MR) is 94.0 cm³/mol. The van der Waals surface area contributed by atoms with Gasteiger partial charge >= 0.3 is 6.61 Å². The maximum absolute atomic E-state index is 13.0. The molecule has 3 rings (SSSR count). The minimum Gasteiger partial charge on any atom is -0.434 e. The maximum Gasteiger partial charge on any atom is 0.387 e. The van der Waals surface area contributed by atoms with Gasteiger partial charge in [0.25, 0.3) is 5.91 Å². The zero-order chi connectivity index (χ0) is 18.5. The molecule has 0 aliphatic heterocycles. The number of para-hydroxylation sites is 1. The number of benzene rings is 2. The fourth-order valence-corrected chi connectivity index (χ4v) is 3.28. The van der Waals surface area contributed by atoms with Crippen molar-refractivity contribution in [2.24, 2.45) is 0 Å². The summed E-state index contributed by atoms with van der Waals surface area (Å²) in [6, 6.07) is 15.7. The minimum absolute atomic E-state index is 0.0287. The third kappa shape index (κ3) is 4.43. The predicted octanol–water partition coefficient (Wildman–Crippen LogP) is 5.09. The fourth-order valence-electron chi connectivity index (χ4n) is 2.35. The van der Waals surface area contributed by atoms with E-state index >= 15 is 0 Å². The molecule has 0 saturated heterocycles. The van der Waals surface area contributed by atoms with E-state index < -0.39 is 6.61 Å². The molecule has 0 unspecified atom stereocenters. The third-order valence-corrected chi connectivity index (χ3v) is 4.72. The second kappa shape index (κ2) is 8.05. The van der Waals surface area contributed by atoms with Crippen molar-refractivity contribution in [1.82, 2.24) is 5.32 Å². The summed E-state index contributed by atoms with van der Waals surface area (Å²) in [4.78, 5) is 13.6. The van der Waals surface area contributed by atoms with Crippen LogP contribution in [0, 0.1) is 5.82 Å². The lowest BCUT2D eigenvalue weighted by Crippen LogP contribution is -2.22. The number of halogens is 3. The lowest BCUT2D eigenvalue weighted by Gasteiger charge is -2.11. The molecule has 0 bridgehead atoms. The van der Waals surface area contributed by atoms with Gasteiger partial charge in [-0.05, 0) is 35.9 Å². The summed E-state index contributed by atoms with van der Waals surface area (Å²) in [7, 11) is 0. The topological polar surface area (TPSA) is 38.3 Å². The first-order chi connectivity index (χ1) is 12.5. The lowest BCUT2D eigenvalue weighted by molar-refractivity contribution is -0.0504. The molecule has 0 fully saturated rings. The third-order valence-electron chi connectivity index (χ3n) is 3.59. The maximum atomic E-state index is 13.0. The van der Waals surface area contributed by atoms with E-state index in [0.717, 1.165) is 10.4 Å². The molecule has 0 saturated carbocycles. The molecular weight excluding hydrogens is 363 g/mol.